The number of benzene rings is 1. The number of nitrogens with zero attached hydrogens (tertiary/aromatic N) is 2. The summed E-state index contributed by atoms with van der Waals surface area (Å²) < 4.78 is 33.4. The summed E-state index contributed by atoms with van der Waals surface area (Å²) in [5.74, 6) is -0.140. The molecule has 0 radical (unpaired) electrons. The van der Waals surface area contributed by atoms with Crippen LogP contribution >= 0.6 is 11.6 Å². The predicted octanol–water partition coefficient (Wildman–Crippen LogP) is 3.15. The fourth-order valence-electron chi connectivity index (χ4n) is 3.87. The summed E-state index contributed by atoms with van der Waals surface area (Å²) in [6, 6.07) is 4.69. The van der Waals surface area contributed by atoms with Crippen molar-refractivity contribution in [3.63, 3.8) is 0 Å². The zero-order valence-corrected chi connectivity index (χ0v) is 17.6. The van der Waals surface area contributed by atoms with Gasteiger partial charge in [0.05, 0.1) is 17.2 Å². The lowest BCUT2D eigenvalue weighted by molar-refractivity contribution is -0.0440. The van der Waals surface area contributed by atoms with Crippen LogP contribution in [-0.2, 0) is 14.8 Å². The number of piperidine rings is 1. The van der Waals surface area contributed by atoms with E-state index in [1.165, 1.54) is 16.4 Å². The van der Waals surface area contributed by atoms with Crippen molar-refractivity contribution in [2.75, 3.05) is 19.6 Å². The molecule has 0 saturated carbocycles. The largest absolute Gasteiger partial charge is 0.373 e. The molecule has 1 aromatic rings. The number of carbonyl (C=O) groups excluding carboxylic acids is 1. The number of hydrogen-bond acceptors (Lipinski definition) is 4. The van der Waals surface area contributed by atoms with Gasteiger partial charge in [-0.15, -0.1) is 0 Å². The molecule has 3 rings (SSSR count). The molecular formula is C19H27ClN2O4S. The molecule has 8 heteroatoms. The molecule has 2 saturated heterocycles. The second kappa shape index (κ2) is 8.07. The lowest BCUT2D eigenvalue weighted by Gasteiger charge is -2.35. The van der Waals surface area contributed by atoms with Crippen molar-refractivity contribution >= 4 is 27.5 Å². The number of ether oxygens (including phenoxy) is 1. The zero-order chi connectivity index (χ0) is 19.8. The van der Waals surface area contributed by atoms with Crippen molar-refractivity contribution < 1.29 is 17.9 Å². The minimum Gasteiger partial charge on any atom is -0.373 e. The monoisotopic (exact) mass is 414 g/mol. The normalized spacial score (nSPS) is 27.6. The summed E-state index contributed by atoms with van der Waals surface area (Å²) in [4.78, 5) is 14.7. The molecule has 3 atom stereocenters. The fourth-order valence-corrected chi connectivity index (χ4v) is 5.96. The first-order valence-corrected chi connectivity index (χ1v) is 11.3. The predicted molar refractivity (Wildman–Crippen MR) is 105 cm³/mol. The van der Waals surface area contributed by atoms with Gasteiger partial charge < -0.3 is 9.64 Å². The van der Waals surface area contributed by atoms with Gasteiger partial charge >= 0.3 is 0 Å². The van der Waals surface area contributed by atoms with Crippen molar-refractivity contribution in [3.8, 4) is 0 Å². The molecule has 1 aromatic carbocycles. The van der Waals surface area contributed by atoms with E-state index in [0.29, 0.717) is 12.1 Å². The molecule has 0 aromatic heterocycles. The maximum atomic E-state index is 13.2. The molecule has 1 amide bonds. The third-order valence-electron chi connectivity index (χ3n) is 5.25. The molecule has 6 nitrogen and oxygen atoms in total. The topological polar surface area (TPSA) is 66.9 Å². The van der Waals surface area contributed by atoms with Gasteiger partial charge in [-0.2, -0.15) is 4.31 Å². The van der Waals surface area contributed by atoms with Crippen LogP contribution in [0.3, 0.4) is 0 Å². The van der Waals surface area contributed by atoms with Gasteiger partial charge in [-0.1, -0.05) is 11.6 Å². The molecule has 150 valence electrons. The molecular weight excluding hydrogens is 388 g/mol. The Kier molecular flexibility index (Phi) is 6.15. The number of rotatable bonds is 3. The molecule has 0 spiro atoms. The zero-order valence-electron chi connectivity index (χ0n) is 16.0. The first kappa shape index (κ1) is 20.6. The highest BCUT2D eigenvalue weighted by atomic mass is 35.5. The van der Waals surface area contributed by atoms with Crippen LogP contribution in [0.15, 0.2) is 23.1 Å². The average Bonchev–Trinajstić information content (AvgIpc) is 2.61. The van der Waals surface area contributed by atoms with Gasteiger partial charge in [0.25, 0.3) is 5.91 Å². The van der Waals surface area contributed by atoms with E-state index in [1.807, 2.05) is 25.7 Å². The number of morpholine rings is 1. The first-order valence-electron chi connectivity index (χ1n) is 9.46. The van der Waals surface area contributed by atoms with Crippen molar-refractivity contribution in [1.82, 2.24) is 9.21 Å². The molecule has 2 aliphatic heterocycles. The highest BCUT2D eigenvalue weighted by molar-refractivity contribution is 7.89. The molecule has 0 bridgehead atoms. The maximum absolute atomic E-state index is 13.2. The molecule has 0 aliphatic carbocycles. The third-order valence-corrected chi connectivity index (χ3v) is 7.56. The van der Waals surface area contributed by atoms with Crippen LogP contribution < -0.4 is 0 Å². The van der Waals surface area contributed by atoms with Crippen LogP contribution in [0.2, 0.25) is 5.02 Å². The Labute approximate surface area is 166 Å². The SMILES string of the molecule is C[C@@H]1CN(S(=O)(=O)c2cc(C(=O)N3CCCC[C@H]3C)ccc2Cl)C[C@@H](C)O1. The number of sulfonamides is 1. The Morgan fingerprint density at radius 3 is 2.44 bits per heavy atom. The van der Waals surface area contributed by atoms with Crippen molar-refractivity contribution in [1.29, 1.82) is 0 Å². The molecule has 0 N–H and O–H groups in total. The van der Waals surface area contributed by atoms with Crippen LogP contribution in [0.4, 0.5) is 0 Å². The number of likely N-dealkylation sites (tertiary alicyclic amines) is 1. The van der Waals surface area contributed by atoms with Crippen molar-refractivity contribution in [2.24, 2.45) is 0 Å². The summed E-state index contributed by atoms with van der Waals surface area (Å²) in [6.07, 6.45) is 2.66. The van der Waals surface area contributed by atoms with E-state index in [-0.39, 0.29) is 47.2 Å². The second-order valence-corrected chi connectivity index (χ2v) is 9.88. The van der Waals surface area contributed by atoms with Gasteiger partial charge in [-0.05, 0) is 58.2 Å². The number of hydrogen-bond donors (Lipinski definition) is 0. The van der Waals surface area contributed by atoms with Crippen LogP contribution in [0.1, 0.15) is 50.4 Å². The Morgan fingerprint density at radius 2 is 1.81 bits per heavy atom. The Bertz CT molecular complexity index is 804. The summed E-state index contributed by atoms with van der Waals surface area (Å²) in [7, 11) is -3.81. The van der Waals surface area contributed by atoms with Gasteiger partial charge in [0, 0.05) is 31.2 Å². The van der Waals surface area contributed by atoms with E-state index < -0.39 is 10.0 Å². The lowest BCUT2D eigenvalue weighted by Crippen LogP contribution is -2.48. The van der Waals surface area contributed by atoms with Gasteiger partial charge in [-0.3, -0.25) is 4.79 Å². The number of halogens is 1. The van der Waals surface area contributed by atoms with Gasteiger partial charge in [0.15, 0.2) is 0 Å². The van der Waals surface area contributed by atoms with E-state index in [4.69, 9.17) is 16.3 Å². The molecule has 2 fully saturated rings. The van der Waals surface area contributed by atoms with E-state index in [1.54, 1.807) is 6.07 Å². The van der Waals surface area contributed by atoms with Gasteiger partial charge in [0.1, 0.15) is 4.90 Å². The molecule has 27 heavy (non-hydrogen) atoms. The second-order valence-electron chi connectivity index (χ2n) is 7.57. The molecule has 2 aliphatic rings. The average molecular weight is 415 g/mol. The standard InChI is InChI=1S/C19H27ClN2O4S/c1-13-6-4-5-9-22(13)19(23)16-7-8-17(20)18(10-16)27(24,25)21-11-14(2)26-15(3)12-21/h7-8,10,13-15H,4-6,9,11-12H2,1-3H3/t13-,14-,15-/m1/s1. The van der Waals surface area contributed by atoms with E-state index in [2.05, 4.69) is 0 Å². The maximum Gasteiger partial charge on any atom is 0.254 e. The van der Waals surface area contributed by atoms with Crippen molar-refractivity contribution in [2.45, 2.75) is 63.2 Å². The highest BCUT2D eigenvalue weighted by Gasteiger charge is 2.34. The third kappa shape index (κ3) is 4.31. The minimum absolute atomic E-state index is 0.0130. The smallest absolute Gasteiger partial charge is 0.254 e. The summed E-state index contributed by atoms with van der Waals surface area (Å²) in [6.45, 7) is 6.95. The van der Waals surface area contributed by atoms with Crippen LogP contribution in [-0.4, -0.2) is 61.4 Å². The number of amides is 1. The van der Waals surface area contributed by atoms with Crippen LogP contribution in [0, 0.1) is 0 Å². The van der Waals surface area contributed by atoms with Gasteiger partial charge in [0.2, 0.25) is 10.0 Å². The van der Waals surface area contributed by atoms with E-state index in [9.17, 15) is 13.2 Å². The quantitative estimate of drug-likeness (QED) is 0.761. The number of carbonyl (C=O) groups is 1. The lowest BCUT2D eigenvalue weighted by atomic mass is 10.0. The minimum atomic E-state index is -3.81. The Morgan fingerprint density at radius 1 is 1.15 bits per heavy atom. The van der Waals surface area contributed by atoms with Crippen molar-refractivity contribution in [3.05, 3.63) is 28.8 Å². The fraction of sp³-hybridized carbons (Fsp3) is 0.632. The summed E-state index contributed by atoms with van der Waals surface area (Å²) in [5.41, 5.74) is 0.362. The van der Waals surface area contributed by atoms with Crippen LogP contribution in [0.5, 0.6) is 0 Å². The molecule has 2 heterocycles. The highest BCUT2D eigenvalue weighted by Crippen LogP contribution is 2.29. The molecule has 0 unspecified atom stereocenters. The van der Waals surface area contributed by atoms with Gasteiger partial charge in [-0.25, -0.2) is 8.42 Å². The Balaban J connectivity index is 1.92. The van der Waals surface area contributed by atoms with Crippen LogP contribution in [0.25, 0.3) is 0 Å². The Hall–Kier alpha value is -1.15. The summed E-state index contributed by atoms with van der Waals surface area (Å²) >= 11 is 6.23. The van der Waals surface area contributed by atoms with E-state index in [0.717, 1.165) is 19.3 Å². The first-order chi connectivity index (χ1) is 12.7. The summed E-state index contributed by atoms with van der Waals surface area (Å²) in [5, 5.41) is 0.130. The van der Waals surface area contributed by atoms with E-state index >= 15 is 0 Å².